The van der Waals surface area contributed by atoms with Crippen molar-refractivity contribution in [2.45, 2.75) is 20.3 Å². The fourth-order valence-electron chi connectivity index (χ4n) is 0.676. The van der Waals surface area contributed by atoms with E-state index < -0.39 is 11.7 Å². The largest absolute Gasteiger partial charge is 0.502 e. The lowest BCUT2D eigenvalue weighted by Gasteiger charge is -1.98. The molecule has 0 saturated carbocycles. The molecule has 0 unspecified atom stereocenters. The minimum absolute atomic E-state index is 0.162. The quantitative estimate of drug-likeness (QED) is 0.492. The van der Waals surface area contributed by atoms with Crippen LogP contribution in [0, 0.1) is 5.92 Å². The minimum atomic E-state index is -1.48. The lowest BCUT2D eigenvalue weighted by atomic mass is 10.1. The Morgan fingerprint density at radius 2 is 1.83 bits per heavy atom. The van der Waals surface area contributed by atoms with Crippen LogP contribution in [0.3, 0.4) is 0 Å². The summed E-state index contributed by atoms with van der Waals surface area (Å²) in [6.45, 7) is 3.67. The molecular formula is C8H12O4. The third kappa shape index (κ3) is 4.49. The predicted octanol–water partition coefficient (Wildman–Crippen LogP) is 1.13. The number of hydrogen-bond donors (Lipinski definition) is 2. The Hall–Kier alpha value is -1.32. The first-order chi connectivity index (χ1) is 5.43. The Bertz CT molecular complexity index is 215. The Morgan fingerprint density at radius 1 is 1.33 bits per heavy atom. The summed E-state index contributed by atoms with van der Waals surface area (Å²) in [5.41, 5.74) is 0. The zero-order chi connectivity index (χ0) is 9.72. The van der Waals surface area contributed by atoms with Crippen LogP contribution in [0.1, 0.15) is 20.3 Å². The number of carbonyl (C=O) groups is 2. The number of rotatable bonds is 4. The molecule has 0 aromatic carbocycles. The molecule has 68 valence electrons. The molecule has 0 amide bonds. The van der Waals surface area contributed by atoms with Gasteiger partial charge in [0.2, 0.25) is 5.76 Å². The van der Waals surface area contributed by atoms with E-state index in [0.29, 0.717) is 0 Å². The maximum Gasteiger partial charge on any atom is 0.371 e. The van der Waals surface area contributed by atoms with Gasteiger partial charge in [-0.3, -0.25) is 4.79 Å². The fraction of sp³-hybridized carbons (Fsp3) is 0.500. The van der Waals surface area contributed by atoms with Crippen LogP contribution >= 0.6 is 0 Å². The average molecular weight is 172 g/mol. The van der Waals surface area contributed by atoms with Crippen LogP contribution in [-0.4, -0.2) is 22.0 Å². The number of aliphatic hydroxyl groups excluding tert-OH is 1. The second kappa shape index (κ2) is 4.54. The lowest BCUT2D eigenvalue weighted by Crippen LogP contribution is -2.05. The third-order valence-corrected chi connectivity index (χ3v) is 1.13. The molecule has 4 nitrogen and oxygen atoms in total. The molecule has 0 aliphatic rings. The van der Waals surface area contributed by atoms with Crippen LogP contribution in [0.4, 0.5) is 0 Å². The minimum Gasteiger partial charge on any atom is -0.502 e. The van der Waals surface area contributed by atoms with Crippen molar-refractivity contribution in [1.29, 1.82) is 0 Å². The number of carbonyl (C=O) groups excluding carboxylic acids is 1. The molecule has 0 rings (SSSR count). The first kappa shape index (κ1) is 10.7. The summed E-state index contributed by atoms with van der Waals surface area (Å²) in [5, 5.41) is 16.8. The van der Waals surface area contributed by atoms with Crippen molar-refractivity contribution < 1.29 is 19.8 Å². The molecule has 0 aliphatic carbocycles. The van der Waals surface area contributed by atoms with E-state index in [4.69, 9.17) is 10.2 Å². The third-order valence-electron chi connectivity index (χ3n) is 1.13. The van der Waals surface area contributed by atoms with Gasteiger partial charge in [-0.2, -0.15) is 0 Å². The van der Waals surface area contributed by atoms with Crippen LogP contribution in [0.25, 0.3) is 0 Å². The van der Waals surface area contributed by atoms with Gasteiger partial charge in [-0.1, -0.05) is 13.8 Å². The van der Waals surface area contributed by atoms with E-state index in [0.717, 1.165) is 6.08 Å². The van der Waals surface area contributed by atoms with Gasteiger partial charge in [-0.05, 0) is 5.92 Å². The Balaban J connectivity index is 4.15. The predicted molar refractivity (Wildman–Crippen MR) is 42.8 cm³/mol. The highest BCUT2D eigenvalue weighted by atomic mass is 16.4. The van der Waals surface area contributed by atoms with Gasteiger partial charge < -0.3 is 10.2 Å². The molecule has 0 aromatic rings. The number of carboxylic acid groups (broad SMARTS) is 1. The normalized spacial score (nSPS) is 11.8. The first-order valence-electron chi connectivity index (χ1n) is 3.60. The van der Waals surface area contributed by atoms with Gasteiger partial charge in [-0.15, -0.1) is 0 Å². The van der Waals surface area contributed by atoms with E-state index >= 15 is 0 Å². The van der Waals surface area contributed by atoms with Crippen molar-refractivity contribution in [2.75, 3.05) is 0 Å². The first-order valence-corrected chi connectivity index (χ1v) is 3.60. The summed E-state index contributed by atoms with van der Waals surface area (Å²) in [6.07, 6.45) is 0.986. The van der Waals surface area contributed by atoms with E-state index in [9.17, 15) is 9.59 Å². The van der Waals surface area contributed by atoms with Crippen molar-refractivity contribution in [2.24, 2.45) is 5.92 Å². The Kier molecular flexibility index (Phi) is 4.04. The highest BCUT2D eigenvalue weighted by Gasteiger charge is 2.08. The SMILES string of the molecule is CC(C)CC(=O)/C=C(\O)C(=O)O. The molecule has 0 spiro atoms. The van der Waals surface area contributed by atoms with Gasteiger partial charge in [0.25, 0.3) is 0 Å². The molecule has 12 heavy (non-hydrogen) atoms. The molecule has 0 aliphatic heterocycles. The lowest BCUT2D eigenvalue weighted by molar-refractivity contribution is -0.136. The van der Waals surface area contributed by atoms with E-state index in [1.807, 2.05) is 13.8 Å². The second-order valence-electron chi connectivity index (χ2n) is 2.90. The molecule has 0 bridgehead atoms. The maximum absolute atomic E-state index is 10.9. The molecule has 4 heteroatoms. The molecule has 0 atom stereocenters. The van der Waals surface area contributed by atoms with Crippen molar-refractivity contribution >= 4 is 11.8 Å². The highest BCUT2D eigenvalue weighted by Crippen LogP contribution is 2.02. The highest BCUT2D eigenvalue weighted by molar-refractivity contribution is 5.97. The van der Waals surface area contributed by atoms with Crippen LogP contribution in [0.5, 0.6) is 0 Å². The second-order valence-corrected chi connectivity index (χ2v) is 2.90. The summed E-state index contributed by atoms with van der Waals surface area (Å²) in [6, 6.07) is 0. The van der Waals surface area contributed by atoms with E-state index in [1.165, 1.54) is 0 Å². The molecular weight excluding hydrogens is 160 g/mol. The number of ketones is 1. The molecule has 0 radical (unpaired) electrons. The van der Waals surface area contributed by atoms with Gasteiger partial charge >= 0.3 is 5.97 Å². The van der Waals surface area contributed by atoms with Crippen LogP contribution in [-0.2, 0) is 9.59 Å². The number of allylic oxidation sites excluding steroid dienone is 1. The van der Waals surface area contributed by atoms with Crippen molar-refractivity contribution in [3.63, 3.8) is 0 Å². The van der Waals surface area contributed by atoms with E-state index in [2.05, 4.69) is 0 Å². The number of aliphatic hydroxyl groups is 1. The number of hydrogen-bond acceptors (Lipinski definition) is 3. The van der Waals surface area contributed by atoms with Crippen molar-refractivity contribution in [3.05, 3.63) is 11.8 Å². The van der Waals surface area contributed by atoms with Gasteiger partial charge in [0.15, 0.2) is 5.78 Å². The van der Waals surface area contributed by atoms with Gasteiger partial charge in [0.1, 0.15) is 0 Å². The molecule has 0 fully saturated rings. The summed E-state index contributed by atoms with van der Waals surface area (Å²) in [4.78, 5) is 20.9. The summed E-state index contributed by atoms with van der Waals surface area (Å²) >= 11 is 0. The van der Waals surface area contributed by atoms with Crippen molar-refractivity contribution in [1.82, 2.24) is 0 Å². The van der Waals surface area contributed by atoms with E-state index in [1.54, 1.807) is 0 Å². The van der Waals surface area contributed by atoms with Gasteiger partial charge in [-0.25, -0.2) is 4.79 Å². The van der Waals surface area contributed by atoms with Crippen molar-refractivity contribution in [3.8, 4) is 0 Å². The summed E-state index contributed by atoms with van der Waals surface area (Å²) < 4.78 is 0. The van der Waals surface area contributed by atoms with Gasteiger partial charge in [0, 0.05) is 12.5 Å². The smallest absolute Gasteiger partial charge is 0.371 e. The topological polar surface area (TPSA) is 74.6 Å². The molecule has 0 aromatic heterocycles. The summed E-state index contributed by atoms with van der Waals surface area (Å²) in [7, 11) is 0. The van der Waals surface area contributed by atoms with Gasteiger partial charge in [0.05, 0.1) is 0 Å². The van der Waals surface area contributed by atoms with Crippen LogP contribution in [0.15, 0.2) is 11.8 Å². The Morgan fingerprint density at radius 3 is 2.17 bits per heavy atom. The zero-order valence-electron chi connectivity index (χ0n) is 7.07. The maximum atomic E-state index is 10.9. The van der Waals surface area contributed by atoms with Crippen LogP contribution < -0.4 is 0 Å². The van der Waals surface area contributed by atoms with E-state index in [-0.39, 0.29) is 18.1 Å². The molecule has 0 heterocycles. The molecule has 0 saturated heterocycles. The molecule has 2 N–H and O–H groups in total. The zero-order valence-corrected chi connectivity index (χ0v) is 7.07. The Labute approximate surface area is 70.5 Å². The summed E-state index contributed by atoms with van der Waals surface area (Å²) in [5.74, 6) is -2.59. The standard InChI is InChI=1S/C8H12O4/c1-5(2)3-6(9)4-7(10)8(11)12/h4-5,10H,3H2,1-2H3,(H,11,12)/b7-4-. The number of carboxylic acids is 1. The van der Waals surface area contributed by atoms with Crippen LogP contribution in [0.2, 0.25) is 0 Å². The average Bonchev–Trinajstić information content (AvgIpc) is 1.84. The fourth-order valence-corrected chi connectivity index (χ4v) is 0.676. The number of aliphatic carboxylic acids is 1. The monoisotopic (exact) mass is 172 g/mol.